The van der Waals surface area contributed by atoms with Gasteiger partial charge in [-0.15, -0.1) is 25.6 Å². The van der Waals surface area contributed by atoms with Crippen molar-refractivity contribution in [2.45, 2.75) is 19.2 Å². The van der Waals surface area contributed by atoms with Crippen LogP contribution < -0.4 is 24.3 Å². The van der Waals surface area contributed by atoms with E-state index in [0.29, 0.717) is 23.7 Å². The molecule has 0 aromatic heterocycles. The van der Waals surface area contributed by atoms with Gasteiger partial charge in [-0.25, -0.2) is 0 Å². The van der Waals surface area contributed by atoms with Crippen LogP contribution in [0.3, 0.4) is 0 Å². The zero-order valence-electron chi connectivity index (χ0n) is 16.8. The predicted octanol–water partition coefficient (Wildman–Crippen LogP) is 5.07. The smallest absolute Gasteiger partial charge is 0.497 e. The summed E-state index contributed by atoms with van der Waals surface area (Å²) in [5, 5.41) is 3.25. The molecule has 166 valence electrons. The van der Waals surface area contributed by atoms with Crippen molar-refractivity contribution in [2.75, 3.05) is 33.9 Å². The molecule has 0 bridgehead atoms. The largest absolute Gasteiger partial charge is 0.573 e. The maximum atomic E-state index is 12.8. The highest BCUT2D eigenvalue weighted by Gasteiger charge is 2.32. The summed E-state index contributed by atoms with van der Waals surface area (Å²) < 4.78 is 59.0. The fourth-order valence-corrected chi connectivity index (χ4v) is 3.24. The molecule has 1 aliphatic rings. The molecule has 0 saturated carbocycles. The number of rotatable bonds is 7. The lowest BCUT2D eigenvalue weighted by molar-refractivity contribution is -0.275. The average Bonchev–Trinajstić information content (AvgIpc) is 2.72. The number of nitrogens with one attached hydrogen (secondary N) is 1. The van der Waals surface area contributed by atoms with Gasteiger partial charge >= 0.3 is 6.36 Å². The van der Waals surface area contributed by atoms with Gasteiger partial charge < -0.3 is 24.3 Å². The quantitative estimate of drug-likeness (QED) is 0.642. The highest BCUT2D eigenvalue weighted by molar-refractivity contribution is 5.85. The molecule has 2 aromatic carbocycles. The Morgan fingerprint density at radius 2 is 1.53 bits per heavy atom. The number of hydrogen-bond donors (Lipinski definition) is 1. The van der Waals surface area contributed by atoms with E-state index >= 15 is 0 Å². The normalized spacial score (nSPS) is 14.6. The third kappa shape index (κ3) is 6.60. The van der Waals surface area contributed by atoms with Crippen LogP contribution in [-0.4, -0.2) is 40.3 Å². The fourth-order valence-electron chi connectivity index (χ4n) is 3.24. The zero-order chi connectivity index (χ0) is 20.9. The van der Waals surface area contributed by atoms with Gasteiger partial charge in [0.25, 0.3) is 0 Å². The van der Waals surface area contributed by atoms with Gasteiger partial charge in [0.15, 0.2) is 11.5 Å². The van der Waals surface area contributed by atoms with Gasteiger partial charge in [0, 0.05) is 6.07 Å². The summed E-state index contributed by atoms with van der Waals surface area (Å²) in [5.74, 6) is 1.14. The Labute approximate surface area is 179 Å². The van der Waals surface area contributed by atoms with Gasteiger partial charge in [-0.2, -0.15) is 0 Å². The van der Waals surface area contributed by atoms with Crippen molar-refractivity contribution >= 4 is 12.4 Å². The van der Waals surface area contributed by atoms with Crippen molar-refractivity contribution < 1.29 is 32.1 Å². The van der Waals surface area contributed by atoms with E-state index in [4.69, 9.17) is 14.2 Å². The van der Waals surface area contributed by atoms with Gasteiger partial charge in [-0.3, -0.25) is 0 Å². The lowest BCUT2D eigenvalue weighted by atomic mass is 9.99. The Morgan fingerprint density at radius 3 is 2.10 bits per heavy atom. The molecule has 3 rings (SSSR count). The summed E-state index contributed by atoms with van der Waals surface area (Å²) in [7, 11) is 3.07. The first-order chi connectivity index (χ1) is 13.9. The zero-order valence-corrected chi connectivity index (χ0v) is 17.6. The van der Waals surface area contributed by atoms with Crippen molar-refractivity contribution in [3.05, 3.63) is 36.4 Å². The van der Waals surface area contributed by atoms with Gasteiger partial charge in [-0.05, 0) is 67.2 Å². The van der Waals surface area contributed by atoms with Gasteiger partial charge in [0.05, 0.1) is 20.8 Å². The van der Waals surface area contributed by atoms with Crippen LogP contribution in [0, 0.1) is 5.92 Å². The molecule has 0 aliphatic carbocycles. The molecule has 1 aliphatic heterocycles. The number of hydrogen-bond acceptors (Lipinski definition) is 5. The van der Waals surface area contributed by atoms with E-state index in [0.717, 1.165) is 31.5 Å². The molecule has 30 heavy (non-hydrogen) atoms. The van der Waals surface area contributed by atoms with Gasteiger partial charge in [-0.1, -0.05) is 6.07 Å². The van der Waals surface area contributed by atoms with Crippen LogP contribution in [0.2, 0.25) is 0 Å². The lowest BCUT2D eigenvalue weighted by Gasteiger charge is -2.23. The van der Waals surface area contributed by atoms with Crippen molar-refractivity contribution in [1.29, 1.82) is 0 Å². The lowest BCUT2D eigenvalue weighted by Crippen LogP contribution is -2.30. The molecule has 1 fully saturated rings. The predicted molar refractivity (Wildman–Crippen MR) is 110 cm³/mol. The molecule has 2 aromatic rings. The number of ether oxygens (including phenoxy) is 4. The number of alkyl halides is 3. The summed E-state index contributed by atoms with van der Waals surface area (Å²) in [4.78, 5) is 0. The molecular formula is C21H25ClF3NO4. The monoisotopic (exact) mass is 447 g/mol. The van der Waals surface area contributed by atoms with E-state index in [1.54, 1.807) is 30.3 Å². The van der Waals surface area contributed by atoms with Crippen molar-refractivity contribution in [3.63, 3.8) is 0 Å². The second-order valence-corrected chi connectivity index (χ2v) is 6.82. The summed E-state index contributed by atoms with van der Waals surface area (Å²) in [6.45, 7) is 2.09. The summed E-state index contributed by atoms with van der Waals surface area (Å²) in [5.41, 5.74) is 1.39. The maximum absolute atomic E-state index is 12.8. The van der Waals surface area contributed by atoms with Crippen LogP contribution in [0.25, 0.3) is 11.1 Å². The third-order valence-corrected chi connectivity index (χ3v) is 4.79. The standard InChI is InChI=1S/C21H24F3NO4.ClH/c1-26-17-9-16(10-18(12-17)27-2)15-3-4-19(29-21(22,23)24)20(11-15)28-13-14-5-7-25-8-6-14;/h3-4,9-12,14,25H,5-8,13H2,1-2H3;1H. The van der Waals surface area contributed by atoms with E-state index in [1.165, 1.54) is 20.3 Å². The molecule has 0 atom stereocenters. The van der Waals surface area contributed by atoms with Crippen LogP contribution in [0.1, 0.15) is 12.8 Å². The Hall–Kier alpha value is -2.32. The highest BCUT2D eigenvalue weighted by atomic mass is 35.5. The molecule has 1 heterocycles. The number of benzene rings is 2. The molecule has 1 saturated heterocycles. The van der Waals surface area contributed by atoms with Crippen LogP contribution in [0.4, 0.5) is 13.2 Å². The molecule has 0 unspecified atom stereocenters. The van der Waals surface area contributed by atoms with E-state index in [2.05, 4.69) is 10.1 Å². The van der Waals surface area contributed by atoms with E-state index in [-0.39, 0.29) is 29.8 Å². The number of piperidine rings is 1. The molecule has 5 nitrogen and oxygen atoms in total. The van der Waals surface area contributed by atoms with Crippen molar-refractivity contribution in [2.24, 2.45) is 5.92 Å². The first-order valence-corrected chi connectivity index (χ1v) is 9.34. The molecule has 0 amide bonds. The van der Waals surface area contributed by atoms with Gasteiger partial charge in [0.1, 0.15) is 11.5 Å². The summed E-state index contributed by atoms with van der Waals surface area (Å²) in [6, 6.07) is 9.65. The summed E-state index contributed by atoms with van der Waals surface area (Å²) in [6.07, 6.45) is -2.96. The van der Waals surface area contributed by atoms with Crippen LogP contribution in [0.15, 0.2) is 36.4 Å². The van der Waals surface area contributed by atoms with E-state index < -0.39 is 6.36 Å². The SMILES string of the molecule is COc1cc(OC)cc(-c2ccc(OC(F)(F)F)c(OCC3CCNCC3)c2)c1.Cl. The van der Waals surface area contributed by atoms with E-state index in [1.807, 2.05) is 0 Å². The number of methoxy groups -OCH3 is 2. The van der Waals surface area contributed by atoms with Crippen LogP contribution >= 0.6 is 12.4 Å². The minimum absolute atomic E-state index is 0. The van der Waals surface area contributed by atoms with Gasteiger partial charge in [0.2, 0.25) is 0 Å². The second kappa shape index (κ2) is 10.6. The van der Waals surface area contributed by atoms with Crippen LogP contribution in [-0.2, 0) is 0 Å². The Balaban J connectivity index is 0.00000320. The second-order valence-electron chi connectivity index (χ2n) is 6.82. The molecule has 9 heteroatoms. The topological polar surface area (TPSA) is 49.0 Å². The maximum Gasteiger partial charge on any atom is 0.573 e. The summed E-state index contributed by atoms with van der Waals surface area (Å²) >= 11 is 0. The highest BCUT2D eigenvalue weighted by Crippen LogP contribution is 2.38. The molecule has 0 spiro atoms. The Morgan fingerprint density at radius 1 is 0.900 bits per heavy atom. The van der Waals surface area contributed by atoms with Crippen LogP contribution in [0.5, 0.6) is 23.0 Å². The van der Waals surface area contributed by atoms with Crippen molar-refractivity contribution in [3.8, 4) is 34.1 Å². The van der Waals surface area contributed by atoms with E-state index in [9.17, 15) is 13.2 Å². The van der Waals surface area contributed by atoms with Crippen molar-refractivity contribution in [1.82, 2.24) is 5.32 Å². The minimum Gasteiger partial charge on any atom is -0.497 e. The third-order valence-electron chi connectivity index (χ3n) is 4.79. The molecule has 0 radical (unpaired) electrons. The first-order valence-electron chi connectivity index (χ1n) is 9.34. The molecule has 1 N–H and O–H groups in total. The average molecular weight is 448 g/mol. The molecular weight excluding hydrogens is 423 g/mol. The Kier molecular flexibility index (Phi) is 8.49. The first kappa shape index (κ1) is 24.0. The minimum atomic E-state index is -4.80. The Bertz CT molecular complexity index is 804. The fraction of sp³-hybridized carbons (Fsp3) is 0.429. The number of halogens is 4.